The molecule has 0 aromatic heterocycles. The second-order valence-electron chi connectivity index (χ2n) is 14.1. The quantitative estimate of drug-likeness (QED) is 0.200. The van der Waals surface area contributed by atoms with Crippen molar-refractivity contribution in [3.05, 3.63) is 71.8 Å². The Hall–Kier alpha value is -4.74. The highest BCUT2D eigenvalue weighted by Gasteiger charge is 2.31. The molecule has 0 aliphatic rings. The van der Waals surface area contributed by atoms with E-state index in [1.54, 1.807) is 47.6 Å². The van der Waals surface area contributed by atoms with Crippen molar-refractivity contribution in [3.8, 4) is 33.8 Å². The summed E-state index contributed by atoms with van der Waals surface area (Å²) in [5.74, 6) is -0.468. The van der Waals surface area contributed by atoms with Gasteiger partial charge in [-0.15, -0.1) is 13.2 Å². The maximum atomic E-state index is 12.9. The summed E-state index contributed by atoms with van der Waals surface area (Å²) in [5, 5.41) is 4.94. The number of aliphatic imine (C=N–C) groups is 1. The molecule has 0 aliphatic heterocycles. The molecule has 2 amide bonds. The molecule has 0 spiro atoms. The van der Waals surface area contributed by atoms with Gasteiger partial charge in [-0.05, 0) is 105 Å². The number of carbonyl (C=O) groups excluding carboxylic acids is 2. The predicted molar refractivity (Wildman–Crippen MR) is 179 cm³/mol. The average Bonchev–Trinajstić information content (AvgIpc) is 2.92. The van der Waals surface area contributed by atoms with E-state index in [9.17, 15) is 22.8 Å². The number of nitrogens with one attached hydrogen (secondary N) is 2. The molecular weight excluding hydrogens is 627 g/mol. The zero-order valence-corrected chi connectivity index (χ0v) is 29.0. The number of nitrogens with zero attached hydrogens (tertiary/aromatic N) is 1. The summed E-state index contributed by atoms with van der Waals surface area (Å²) in [6.07, 6.45) is -6.54. The molecule has 0 radical (unpaired) electrons. The number of rotatable bonds is 6. The lowest BCUT2D eigenvalue weighted by atomic mass is 9.86. The van der Waals surface area contributed by atoms with E-state index in [1.165, 1.54) is 25.3 Å². The molecule has 12 heteroatoms. The van der Waals surface area contributed by atoms with Gasteiger partial charge in [0.2, 0.25) is 5.96 Å². The zero-order valence-electron chi connectivity index (χ0n) is 29.0. The minimum atomic E-state index is -4.87. The Morgan fingerprint density at radius 1 is 0.708 bits per heavy atom. The van der Waals surface area contributed by atoms with Gasteiger partial charge in [0.25, 0.3) is 0 Å². The summed E-state index contributed by atoms with van der Waals surface area (Å²) in [6, 6.07) is 17.5. The third kappa shape index (κ3) is 12.1. The van der Waals surface area contributed by atoms with Gasteiger partial charge in [0.15, 0.2) is 0 Å². The van der Waals surface area contributed by atoms with Crippen LogP contribution in [-0.4, -0.2) is 42.8 Å². The van der Waals surface area contributed by atoms with Crippen LogP contribution >= 0.6 is 0 Å². The molecular formula is C36H44F3N3O6. The minimum Gasteiger partial charge on any atom is -0.496 e. The Morgan fingerprint density at radius 3 is 1.73 bits per heavy atom. The maximum Gasteiger partial charge on any atom is 0.573 e. The molecule has 3 aromatic carbocycles. The van der Waals surface area contributed by atoms with Crippen LogP contribution in [0.15, 0.2) is 65.7 Å². The molecule has 0 saturated carbocycles. The van der Waals surface area contributed by atoms with Crippen molar-refractivity contribution in [2.75, 3.05) is 7.11 Å². The number of halogens is 3. The van der Waals surface area contributed by atoms with E-state index < -0.39 is 35.5 Å². The molecule has 3 aromatic rings. The van der Waals surface area contributed by atoms with E-state index in [4.69, 9.17) is 14.2 Å². The average molecular weight is 672 g/mol. The van der Waals surface area contributed by atoms with Crippen LogP contribution in [0.5, 0.6) is 11.5 Å². The molecule has 48 heavy (non-hydrogen) atoms. The monoisotopic (exact) mass is 671 g/mol. The van der Waals surface area contributed by atoms with E-state index in [0.29, 0.717) is 16.7 Å². The fourth-order valence-electron chi connectivity index (χ4n) is 4.46. The van der Waals surface area contributed by atoms with Crippen LogP contribution in [0.2, 0.25) is 0 Å². The summed E-state index contributed by atoms with van der Waals surface area (Å²) in [7, 11) is 1.35. The number of alkyl halides is 3. The minimum absolute atomic E-state index is 0.0283. The number of hydrogen-bond donors (Lipinski definition) is 2. The van der Waals surface area contributed by atoms with E-state index in [2.05, 4.69) is 41.1 Å². The Balaban J connectivity index is 2.11. The van der Waals surface area contributed by atoms with Gasteiger partial charge in [-0.1, -0.05) is 45.0 Å². The highest BCUT2D eigenvalue weighted by atomic mass is 19.4. The molecule has 2 N–H and O–H groups in total. The standard InChI is InChI=1S/C36H44F3N3O6/c1-33(2,3)26-13-11-23(12-14-26)24-17-22(18-25(19-24)28-16-15-27(20-29(28)45-10)46-36(37,38)39)21-40-30(41-31(43)47-34(4,5)6)42-32(44)48-35(7,8)9/h11-20H,21H2,1-10H3,(H2,40,41,42,43,44). The Kier molecular flexibility index (Phi) is 11.5. The normalized spacial score (nSPS) is 12.1. The number of hydrogen-bond acceptors (Lipinski definition) is 7. The topological polar surface area (TPSA) is 107 Å². The number of ether oxygens (including phenoxy) is 4. The second kappa shape index (κ2) is 14.6. The van der Waals surface area contributed by atoms with E-state index in [0.717, 1.165) is 16.7 Å². The first-order valence-corrected chi connectivity index (χ1v) is 15.2. The fraction of sp³-hybridized carbons (Fsp3) is 0.417. The number of benzene rings is 3. The smallest absolute Gasteiger partial charge is 0.496 e. The van der Waals surface area contributed by atoms with Crippen molar-refractivity contribution in [3.63, 3.8) is 0 Å². The molecule has 0 heterocycles. The molecule has 0 unspecified atom stereocenters. The first kappa shape index (κ1) is 37.7. The van der Waals surface area contributed by atoms with Crippen molar-refractivity contribution < 1.29 is 41.7 Å². The number of amides is 2. The van der Waals surface area contributed by atoms with Gasteiger partial charge in [0.05, 0.1) is 13.7 Å². The molecule has 3 rings (SSSR count). The van der Waals surface area contributed by atoms with Crippen LogP contribution < -0.4 is 20.1 Å². The summed E-state index contributed by atoms with van der Waals surface area (Å²) in [4.78, 5) is 29.7. The fourth-order valence-corrected chi connectivity index (χ4v) is 4.46. The largest absolute Gasteiger partial charge is 0.573 e. The third-order valence-corrected chi connectivity index (χ3v) is 6.45. The van der Waals surface area contributed by atoms with Gasteiger partial charge in [0, 0.05) is 11.6 Å². The summed E-state index contributed by atoms with van der Waals surface area (Å²) in [5.41, 5.74) is 2.89. The molecule has 0 saturated heterocycles. The number of carbonyl (C=O) groups is 2. The SMILES string of the molecule is COc1cc(OC(F)(F)F)ccc1-c1cc(CN=C(NC(=O)OC(C)(C)C)NC(=O)OC(C)(C)C)cc(-c2ccc(C(C)(C)C)cc2)c1. The highest BCUT2D eigenvalue weighted by molar-refractivity contribution is 6.01. The second-order valence-corrected chi connectivity index (χ2v) is 14.1. The first-order valence-electron chi connectivity index (χ1n) is 15.2. The van der Waals surface area contributed by atoms with Crippen LogP contribution in [0.4, 0.5) is 22.8 Å². The number of guanidine groups is 1. The highest BCUT2D eigenvalue weighted by Crippen LogP contribution is 2.38. The zero-order chi connectivity index (χ0) is 36.1. The number of alkyl carbamates (subject to hydrolysis) is 2. The maximum absolute atomic E-state index is 12.9. The van der Waals surface area contributed by atoms with Crippen molar-refractivity contribution in [1.82, 2.24) is 10.6 Å². The van der Waals surface area contributed by atoms with E-state index >= 15 is 0 Å². The molecule has 9 nitrogen and oxygen atoms in total. The first-order chi connectivity index (χ1) is 22.0. The molecule has 0 aliphatic carbocycles. The lowest BCUT2D eigenvalue weighted by Crippen LogP contribution is -2.47. The van der Waals surface area contributed by atoms with Crippen molar-refractivity contribution >= 4 is 18.1 Å². The van der Waals surface area contributed by atoms with E-state index in [-0.39, 0.29) is 23.7 Å². The third-order valence-electron chi connectivity index (χ3n) is 6.45. The van der Waals surface area contributed by atoms with Gasteiger partial charge in [-0.3, -0.25) is 10.6 Å². The molecule has 0 fully saturated rings. The van der Waals surface area contributed by atoms with Gasteiger partial charge in [-0.2, -0.15) is 0 Å². The van der Waals surface area contributed by atoms with Crippen molar-refractivity contribution in [1.29, 1.82) is 0 Å². The van der Waals surface area contributed by atoms with Gasteiger partial charge >= 0.3 is 18.5 Å². The Bertz CT molecular complexity index is 1600. The molecule has 0 atom stereocenters. The molecule has 260 valence electrons. The van der Waals surface area contributed by atoms with Crippen molar-refractivity contribution in [2.45, 2.75) is 91.8 Å². The lowest BCUT2D eigenvalue weighted by molar-refractivity contribution is -0.274. The summed E-state index contributed by atoms with van der Waals surface area (Å²) < 4.78 is 59.0. The predicted octanol–water partition coefficient (Wildman–Crippen LogP) is 9.13. The van der Waals surface area contributed by atoms with Gasteiger partial charge in [0.1, 0.15) is 22.7 Å². The van der Waals surface area contributed by atoms with Gasteiger partial charge in [-0.25, -0.2) is 14.6 Å². The van der Waals surface area contributed by atoms with Crippen LogP contribution in [0.25, 0.3) is 22.3 Å². The lowest BCUT2D eigenvalue weighted by Gasteiger charge is -2.22. The van der Waals surface area contributed by atoms with Crippen LogP contribution in [0.1, 0.15) is 73.4 Å². The van der Waals surface area contributed by atoms with E-state index in [1.807, 2.05) is 36.4 Å². The summed E-state index contributed by atoms with van der Waals surface area (Å²) in [6.45, 7) is 16.5. The van der Waals surface area contributed by atoms with Crippen molar-refractivity contribution in [2.24, 2.45) is 4.99 Å². The van der Waals surface area contributed by atoms with Crippen LogP contribution in [0.3, 0.4) is 0 Å². The summed E-state index contributed by atoms with van der Waals surface area (Å²) >= 11 is 0. The Morgan fingerprint density at radius 2 is 1.25 bits per heavy atom. The molecule has 0 bridgehead atoms. The van der Waals surface area contributed by atoms with Gasteiger partial charge < -0.3 is 18.9 Å². The van der Waals surface area contributed by atoms with Crippen LogP contribution in [-0.2, 0) is 21.4 Å². The Labute approximate surface area is 279 Å². The number of methoxy groups -OCH3 is 1. The van der Waals surface area contributed by atoms with Crippen LogP contribution in [0, 0.1) is 0 Å².